The van der Waals surface area contributed by atoms with E-state index >= 15 is 0 Å². The first-order valence-corrected chi connectivity index (χ1v) is 8.39. The Labute approximate surface area is 154 Å². The van der Waals surface area contributed by atoms with Crippen molar-refractivity contribution in [3.05, 3.63) is 70.7 Å². The molecule has 1 heterocycles. The standard InChI is InChI=1S/C19H20ClNO2.ClH/c20-17-8-6-16(7-9-17)19-14-21(12-13-23-19)11-10-18(22)15-4-2-1-3-5-15;/h1-9,19H,10-14H2;1H. The van der Waals surface area contributed by atoms with Crippen molar-refractivity contribution >= 4 is 17.4 Å². The zero-order valence-electron chi connectivity index (χ0n) is 13.4. The maximum atomic E-state index is 12.2. The first kappa shape index (κ1) is 18.9. The number of carbonyl (C=O) groups is 1. The van der Waals surface area contributed by atoms with Crippen molar-refractivity contribution in [2.45, 2.75) is 12.5 Å². The largest absolute Gasteiger partial charge is 1.00 e. The number of ketones is 1. The first-order valence-electron chi connectivity index (χ1n) is 8.01. The van der Waals surface area contributed by atoms with Gasteiger partial charge in [0, 0.05) is 10.6 Å². The average molecular weight is 366 g/mol. The van der Waals surface area contributed by atoms with E-state index in [9.17, 15) is 4.79 Å². The fraction of sp³-hybridized carbons (Fsp3) is 0.316. The van der Waals surface area contributed by atoms with Gasteiger partial charge < -0.3 is 22.0 Å². The van der Waals surface area contributed by atoms with E-state index in [1.165, 1.54) is 4.90 Å². The van der Waals surface area contributed by atoms with Gasteiger partial charge in [-0.2, -0.15) is 0 Å². The fourth-order valence-electron chi connectivity index (χ4n) is 2.95. The molecule has 0 spiro atoms. The lowest BCUT2D eigenvalue weighted by Gasteiger charge is -2.30. The number of morpholine rings is 1. The molecule has 0 aromatic heterocycles. The molecule has 0 saturated carbocycles. The molecule has 3 nitrogen and oxygen atoms in total. The van der Waals surface area contributed by atoms with E-state index in [-0.39, 0.29) is 24.3 Å². The van der Waals surface area contributed by atoms with E-state index in [2.05, 4.69) is 0 Å². The number of carbonyl (C=O) groups excluding carboxylic acids is 1. The number of quaternary nitrogens is 1. The van der Waals surface area contributed by atoms with E-state index in [1.54, 1.807) is 0 Å². The number of ether oxygens (including phenoxy) is 1. The van der Waals surface area contributed by atoms with Crippen molar-refractivity contribution in [3.8, 4) is 0 Å². The number of halogens is 2. The van der Waals surface area contributed by atoms with Crippen LogP contribution in [0.3, 0.4) is 0 Å². The van der Waals surface area contributed by atoms with Crippen LogP contribution < -0.4 is 17.3 Å². The maximum Gasteiger partial charge on any atom is 0.168 e. The van der Waals surface area contributed by atoms with Crippen LogP contribution in [0.1, 0.15) is 28.4 Å². The molecule has 1 N–H and O–H groups in total. The van der Waals surface area contributed by atoms with Crippen molar-refractivity contribution in [1.82, 2.24) is 0 Å². The predicted octanol–water partition coefficient (Wildman–Crippen LogP) is -0.427. The number of nitrogens with one attached hydrogen (secondary N) is 1. The third kappa shape index (κ3) is 5.05. The Bertz CT molecular complexity index is 646. The molecule has 2 aromatic carbocycles. The summed E-state index contributed by atoms with van der Waals surface area (Å²) in [5.74, 6) is 0.215. The molecular formula is C19H21Cl2NO2. The van der Waals surface area contributed by atoms with Crippen LogP contribution >= 0.6 is 11.6 Å². The number of Topliss-reactive ketones (excluding diaryl/α,β-unsaturated/α-hetero) is 1. The Balaban J connectivity index is 0.00000208. The molecule has 128 valence electrons. The monoisotopic (exact) mass is 365 g/mol. The minimum atomic E-state index is 0. The van der Waals surface area contributed by atoms with E-state index in [1.807, 2.05) is 54.6 Å². The summed E-state index contributed by atoms with van der Waals surface area (Å²) in [6.45, 7) is 3.42. The molecule has 1 aliphatic heterocycles. The van der Waals surface area contributed by atoms with Crippen molar-refractivity contribution in [2.75, 3.05) is 26.2 Å². The number of hydrogen-bond acceptors (Lipinski definition) is 2. The van der Waals surface area contributed by atoms with Crippen LogP contribution in [0.25, 0.3) is 0 Å². The molecule has 0 amide bonds. The van der Waals surface area contributed by atoms with E-state index in [0.29, 0.717) is 6.42 Å². The molecule has 2 atom stereocenters. The second kappa shape index (κ2) is 9.19. The summed E-state index contributed by atoms with van der Waals surface area (Å²) < 4.78 is 5.88. The summed E-state index contributed by atoms with van der Waals surface area (Å²) in [5.41, 5.74) is 1.95. The Kier molecular flexibility index (Phi) is 7.25. The quantitative estimate of drug-likeness (QED) is 0.729. The highest BCUT2D eigenvalue weighted by atomic mass is 35.5. The van der Waals surface area contributed by atoms with Crippen LogP contribution in [0.5, 0.6) is 0 Å². The highest BCUT2D eigenvalue weighted by Gasteiger charge is 2.25. The Morgan fingerprint density at radius 3 is 2.54 bits per heavy atom. The molecule has 2 unspecified atom stereocenters. The Morgan fingerprint density at radius 1 is 1.12 bits per heavy atom. The molecule has 0 aliphatic carbocycles. The summed E-state index contributed by atoms with van der Waals surface area (Å²) in [5, 5.41) is 0.738. The van der Waals surface area contributed by atoms with Gasteiger partial charge in [0.15, 0.2) is 5.78 Å². The highest BCUT2D eigenvalue weighted by Crippen LogP contribution is 2.19. The fourth-order valence-corrected chi connectivity index (χ4v) is 3.07. The summed E-state index contributed by atoms with van der Waals surface area (Å²) in [4.78, 5) is 13.6. The van der Waals surface area contributed by atoms with Gasteiger partial charge in [-0.1, -0.05) is 54.1 Å². The lowest BCUT2D eigenvalue weighted by Crippen LogP contribution is -3.14. The lowest BCUT2D eigenvalue weighted by atomic mass is 10.1. The van der Waals surface area contributed by atoms with Gasteiger partial charge >= 0.3 is 0 Å². The van der Waals surface area contributed by atoms with Gasteiger partial charge in [-0.3, -0.25) is 4.79 Å². The molecule has 5 heteroatoms. The number of benzene rings is 2. The van der Waals surface area contributed by atoms with Gasteiger partial charge in [-0.25, -0.2) is 0 Å². The third-order valence-electron chi connectivity index (χ3n) is 4.29. The van der Waals surface area contributed by atoms with Crippen LogP contribution in [-0.2, 0) is 4.74 Å². The third-order valence-corrected chi connectivity index (χ3v) is 4.54. The highest BCUT2D eigenvalue weighted by molar-refractivity contribution is 6.30. The number of rotatable bonds is 5. The molecule has 3 rings (SSSR count). The second-order valence-electron chi connectivity index (χ2n) is 5.90. The van der Waals surface area contributed by atoms with Crippen LogP contribution in [0.2, 0.25) is 5.02 Å². The minimum Gasteiger partial charge on any atom is -1.00 e. The van der Waals surface area contributed by atoms with Crippen molar-refractivity contribution in [3.63, 3.8) is 0 Å². The summed E-state index contributed by atoms with van der Waals surface area (Å²) in [6, 6.07) is 17.3. The Hall–Kier alpha value is -1.39. The van der Waals surface area contributed by atoms with Crippen LogP contribution in [0.15, 0.2) is 54.6 Å². The van der Waals surface area contributed by atoms with Crippen molar-refractivity contribution in [1.29, 1.82) is 0 Å². The zero-order valence-corrected chi connectivity index (χ0v) is 14.9. The minimum absolute atomic E-state index is 0. The molecule has 2 aromatic rings. The normalized spacial score (nSPS) is 20.2. The topological polar surface area (TPSA) is 30.7 Å². The molecule has 1 saturated heterocycles. The smallest absolute Gasteiger partial charge is 0.168 e. The summed E-state index contributed by atoms with van der Waals surface area (Å²) >= 11 is 5.94. The zero-order chi connectivity index (χ0) is 16.1. The van der Waals surface area contributed by atoms with Gasteiger partial charge in [0.25, 0.3) is 0 Å². The molecule has 1 fully saturated rings. The van der Waals surface area contributed by atoms with E-state index < -0.39 is 0 Å². The van der Waals surface area contributed by atoms with E-state index in [4.69, 9.17) is 16.3 Å². The van der Waals surface area contributed by atoms with Crippen LogP contribution in [0, 0.1) is 0 Å². The van der Waals surface area contributed by atoms with Gasteiger partial charge in [-0.05, 0) is 17.7 Å². The number of hydrogen-bond donors (Lipinski definition) is 1. The summed E-state index contributed by atoms with van der Waals surface area (Å²) in [7, 11) is 0. The van der Waals surface area contributed by atoms with Gasteiger partial charge in [-0.15, -0.1) is 0 Å². The Morgan fingerprint density at radius 2 is 1.83 bits per heavy atom. The van der Waals surface area contributed by atoms with E-state index in [0.717, 1.165) is 42.4 Å². The predicted molar refractivity (Wildman–Crippen MR) is 91.1 cm³/mol. The molecular weight excluding hydrogens is 345 g/mol. The molecule has 0 bridgehead atoms. The molecule has 24 heavy (non-hydrogen) atoms. The van der Waals surface area contributed by atoms with Crippen LogP contribution in [0.4, 0.5) is 0 Å². The average Bonchev–Trinajstić information content (AvgIpc) is 2.61. The van der Waals surface area contributed by atoms with Gasteiger partial charge in [0.2, 0.25) is 0 Å². The first-order chi connectivity index (χ1) is 11.2. The van der Waals surface area contributed by atoms with Gasteiger partial charge in [0.1, 0.15) is 19.2 Å². The summed E-state index contributed by atoms with van der Waals surface area (Å²) in [6.07, 6.45) is 0.662. The van der Waals surface area contributed by atoms with Crippen molar-refractivity contribution in [2.24, 2.45) is 0 Å². The molecule has 1 aliphatic rings. The van der Waals surface area contributed by atoms with Crippen LogP contribution in [-0.4, -0.2) is 32.0 Å². The lowest BCUT2D eigenvalue weighted by molar-refractivity contribution is -0.912. The SMILES string of the molecule is O=C(CC[NH+]1CCOC(c2ccc(Cl)cc2)C1)c1ccccc1.[Cl-]. The maximum absolute atomic E-state index is 12.2. The molecule has 0 radical (unpaired) electrons. The second-order valence-corrected chi connectivity index (χ2v) is 6.34. The van der Waals surface area contributed by atoms with Gasteiger partial charge in [0.05, 0.1) is 19.6 Å². The van der Waals surface area contributed by atoms with Crippen molar-refractivity contribution < 1.29 is 26.8 Å².